The van der Waals surface area contributed by atoms with Crippen LogP contribution in [-0.2, 0) is 30.7 Å². The van der Waals surface area contributed by atoms with Crippen molar-refractivity contribution in [3.05, 3.63) is 81.8 Å². The largest absolute Gasteiger partial charge is 0.416 e. The zero-order valence-corrected chi connectivity index (χ0v) is 17.8. The van der Waals surface area contributed by atoms with Gasteiger partial charge in [0.05, 0.1) is 17.8 Å². The number of aliphatic hydroxyl groups excluding tert-OH is 1. The van der Waals surface area contributed by atoms with Gasteiger partial charge in [-0.25, -0.2) is 13.8 Å². The molecule has 0 unspecified atom stereocenters. The fraction of sp³-hybridized carbons (Fsp3) is 0.190. The first kappa shape index (κ1) is 25.1. The molecule has 1 aliphatic heterocycles. The van der Waals surface area contributed by atoms with E-state index in [1.807, 2.05) is 0 Å². The zero-order valence-electron chi connectivity index (χ0n) is 17.1. The van der Waals surface area contributed by atoms with Gasteiger partial charge in [-0.3, -0.25) is 9.59 Å². The molecular weight excluding hydrogens is 487 g/mol. The molecule has 2 aromatic carbocycles. The Hall–Kier alpha value is -3.51. The van der Waals surface area contributed by atoms with Crippen molar-refractivity contribution >= 4 is 29.2 Å². The van der Waals surface area contributed by atoms with Crippen molar-refractivity contribution in [2.24, 2.45) is 0 Å². The maximum atomic E-state index is 13.5. The zero-order chi connectivity index (χ0) is 25.0. The molecule has 4 rings (SSSR count). The van der Waals surface area contributed by atoms with E-state index in [1.165, 1.54) is 28.8 Å². The summed E-state index contributed by atoms with van der Waals surface area (Å²) in [6, 6.07) is 7.14. The van der Waals surface area contributed by atoms with Crippen molar-refractivity contribution in [3.8, 4) is 0 Å². The number of aliphatic hydroxyl groups is 1. The molecule has 0 aliphatic carbocycles. The van der Waals surface area contributed by atoms with Crippen LogP contribution in [0, 0.1) is 11.6 Å². The van der Waals surface area contributed by atoms with Crippen molar-refractivity contribution in [1.82, 2.24) is 14.9 Å². The van der Waals surface area contributed by atoms with Gasteiger partial charge in [0.25, 0.3) is 5.91 Å². The summed E-state index contributed by atoms with van der Waals surface area (Å²) in [5, 5.41) is 14.7. The highest BCUT2D eigenvalue weighted by molar-refractivity contribution is 6.30. The molecule has 13 heteroatoms. The van der Waals surface area contributed by atoms with Gasteiger partial charge < -0.3 is 20.3 Å². The van der Waals surface area contributed by atoms with Gasteiger partial charge in [0.15, 0.2) is 5.82 Å². The molecule has 0 saturated carbocycles. The molecule has 0 bridgehead atoms. The number of carbonyl (C=O) groups is 2. The molecule has 0 spiro atoms. The van der Waals surface area contributed by atoms with E-state index < -0.39 is 35.6 Å². The minimum Gasteiger partial charge on any atom is -0.388 e. The Kier molecular flexibility index (Phi) is 7.52. The quantitative estimate of drug-likeness (QED) is 0.473. The number of nitrogens with zero attached hydrogens (tertiary/aromatic N) is 2. The molecule has 2 heterocycles. The molecule has 0 radical (unpaired) electrons. The average molecular weight is 503 g/mol. The first-order valence-electron chi connectivity index (χ1n) is 9.54. The van der Waals surface area contributed by atoms with Crippen LogP contribution in [0.25, 0.3) is 0 Å². The number of anilines is 1. The standard InChI is InChI=1S/C15H12F4N4O3.C6H4ClF/c16-9-2-7(1-8(3-9)15(17,18)19)14(26)22-13-10-4-20-12(25)5-23(10)11(6-24)21-13;7-5-1-3-6(8)4-2-5/h1-3,24H,4-6H2,(H,20,25)(H,22,26);1-4H. The lowest BCUT2D eigenvalue weighted by Crippen LogP contribution is -2.35. The molecule has 0 saturated heterocycles. The number of hydrogen-bond acceptors (Lipinski definition) is 4. The van der Waals surface area contributed by atoms with Crippen LogP contribution in [0.15, 0.2) is 42.5 Å². The number of benzene rings is 2. The number of imidazole rings is 1. The number of aromatic nitrogens is 2. The molecule has 3 N–H and O–H groups in total. The van der Waals surface area contributed by atoms with E-state index >= 15 is 0 Å². The summed E-state index contributed by atoms with van der Waals surface area (Å²) in [5.41, 5.74) is -1.46. The lowest BCUT2D eigenvalue weighted by Gasteiger charge is -2.17. The van der Waals surface area contributed by atoms with Crippen LogP contribution in [0.4, 0.5) is 27.8 Å². The molecule has 180 valence electrons. The van der Waals surface area contributed by atoms with Crippen LogP contribution in [0.5, 0.6) is 0 Å². The van der Waals surface area contributed by atoms with Crippen LogP contribution in [0.3, 0.4) is 0 Å². The van der Waals surface area contributed by atoms with Crippen molar-refractivity contribution in [1.29, 1.82) is 0 Å². The second kappa shape index (κ2) is 10.2. The highest BCUT2D eigenvalue weighted by Crippen LogP contribution is 2.31. The first-order valence-corrected chi connectivity index (χ1v) is 9.91. The number of carbonyl (C=O) groups excluding carboxylic acids is 2. The fourth-order valence-corrected chi connectivity index (χ4v) is 3.13. The summed E-state index contributed by atoms with van der Waals surface area (Å²) in [4.78, 5) is 27.7. The maximum absolute atomic E-state index is 13.5. The van der Waals surface area contributed by atoms with Gasteiger partial charge in [-0.1, -0.05) is 11.6 Å². The van der Waals surface area contributed by atoms with Gasteiger partial charge in [-0.05, 0) is 42.5 Å². The fourth-order valence-electron chi connectivity index (χ4n) is 3.00. The van der Waals surface area contributed by atoms with Gasteiger partial charge in [-0.15, -0.1) is 0 Å². The minimum absolute atomic E-state index is 0.0123. The van der Waals surface area contributed by atoms with Crippen molar-refractivity contribution in [2.75, 3.05) is 5.32 Å². The SMILES string of the molecule is Fc1ccc(Cl)cc1.O=C1Cn2c(CO)nc(NC(=O)c3cc(F)cc(C(F)(F)F)c3)c2CN1. The Morgan fingerprint density at radius 3 is 2.41 bits per heavy atom. The van der Waals surface area contributed by atoms with Crippen LogP contribution in [0.2, 0.25) is 5.02 Å². The highest BCUT2D eigenvalue weighted by atomic mass is 35.5. The Morgan fingerprint density at radius 1 is 1.15 bits per heavy atom. The summed E-state index contributed by atoms with van der Waals surface area (Å²) in [6.07, 6.45) is -4.81. The topological polar surface area (TPSA) is 96.2 Å². The summed E-state index contributed by atoms with van der Waals surface area (Å²) in [6.45, 7) is -0.612. The van der Waals surface area contributed by atoms with Crippen LogP contribution in [-0.4, -0.2) is 26.5 Å². The monoisotopic (exact) mass is 502 g/mol. The van der Waals surface area contributed by atoms with E-state index in [2.05, 4.69) is 15.6 Å². The predicted molar refractivity (Wildman–Crippen MR) is 111 cm³/mol. The van der Waals surface area contributed by atoms with Crippen LogP contribution < -0.4 is 10.6 Å². The second-order valence-electron chi connectivity index (χ2n) is 6.96. The number of fused-ring (bicyclic) bond motifs is 1. The normalized spacial score (nSPS) is 12.9. The van der Waals surface area contributed by atoms with E-state index in [4.69, 9.17) is 11.6 Å². The van der Waals surface area contributed by atoms with E-state index in [0.29, 0.717) is 22.8 Å². The number of hydrogen-bond donors (Lipinski definition) is 3. The van der Waals surface area contributed by atoms with Gasteiger partial charge in [0, 0.05) is 10.6 Å². The molecule has 0 atom stereocenters. The lowest BCUT2D eigenvalue weighted by atomic mass is 10.1. The van der Waals surface area contributed by atoms with Gasteiger partial charge >= 0.3 is 6.18 Å². The molecule has 34 heavy (non-hydrogen) atoms. The molecule has 0 fully saturated rings. The summed E-state index contributed by atoms with van der Waals surface area (Å²) < 4.78 is 65.2. The van der Waals surface area contributed by atoms with Crippen LogP contribution >= 0.6 is 11.6 Å². The van der Waals surface area contributed by atoms with Crippen molar-refractivity contribution in [3.63, 3.8) is 0 Å². The van der Waals surface area contributed by atoms with Gasteiger partial charge in [0.2, 0.25) is 5.91 Å². The maximum Gasteiger partial charge on any atom is 0.416 e. The van der Waals surface area contributed by atoms with Gasteiger partial charge in [0.1, 0.15) is 30.6 Å². The Labute approximate surface area is 194 Å². The predicted octanol–water partition coefficient (Wildman–Crippen LogP) is 3.89. The minimum atomic E-state index is -4.81. The third-order valence-electron chi connectivity index (χ3n) is 4.57. The summed E-state index contributed by atoms with van der Waals surface area (Å²) in [5.74, 6) is -2.70. The summed E-state index contributed by atoms with van der Waals surface area (Å²) >= 11 is 5.44. The van der Waals surface area contributed by atoms with E-state index in [-0.39, 0.29) is 42.5 Å². The molecule has 7 nitrogen and oxygen atoms in total. The average Bonchev–Trinajstić information content (AvgIpc) is 3.11. The molecule has 3 aromatic rings. The molecule has 1 aromatic heterocycles. The molecule has 2 amide bonds. The number of nitrogens with one attached hydrogen (secondary N) is 2. The first-order chi connectivity index (χ1) is 16.0. The third-order valence-corrected chi connectivity index (χ3v) is 4.82. The highest BCUT2D eigenvalue weighted by Gasteiger charge is 2.32. The Morgan fingerprint density at radius 2 is 1.82 bits per heavy atom. The van der Waals surface area contributed by atoms with E-state index in [1.54, 1.807) is 0 Å². The smallest absolute Gasteiger partial charge is 0.388 e. The summed E-state index contributed by atoms with van der Waals surface area (Å²) in [7, 11) is 0. The molecule has 1 aliphatic rings. The second-order valence-corrected chi connectivity index (χ2v) is 7.40. The number of rotatable bonds is 3. The Balaban J connectivity index is 0.000000343. The van der Waals surface area contributed by atoms with Crippen molar-refractivity contribution in [2.45, 2.75) is 25.9 Å². The van der Waals surface area contributed by atoms with E-state index in [9.17, 15) is 36.6 Å². The third kappa shape index (κ3) is 6.08. The molecular formula is C21H16ClF5N4O3. The number of amides is 2. The van der Waals surface area contributed by atoms with Crippen LogP contribution in [0.1, 0.15) is 27.4 Å². The van der Waals surface area contributed by atoms with E-state index in [0.717, 1.165) is 0 Å². The van der Waals surface area contributed by atoms with Gasteiger partial charge in [-0.2, -0.15) is 13.2 Å². The number of halogens is 6. The van der Waals surface area contributed by atoms with Crippen molar-refractivity contribution < 1.29 is 36.6 Å². The number of alkyl halides is 3. The lowest BCUT2D eigenvalue weighted by molar-refractivity contribution is -0.137. The Bertz CT molecular complexity index is 1190.